The van der Waals surface area contributed by atoms with Crippen LogP contribution in [0.4, 0.5) is 0 Å². The molecule has 0 aliphatic carbocycles. The van der Waals surface area contributed by atoms with Gasteiger partial charge < -0.3 is 14.0 Å². The summed E-state index contributed by atoms with van der Waals surface area (Å²) >= 11 is 0. The van der Waals surface area contributed by atoms with Crippen LogP contribution in [0.3, 0.4) is 0 Å². The number of hydrogen-bond donors (Lipinski definition) is 0. The van der Waals surface area contributed by atoms with E-state index in [2.05, 4.69) is 29.2 Å². The molecule has 1 fully saturated rings. The number of rotatable bonds is 5. The first kappa shape index (κ1) is 17.6. The highest BCUT2D eigenvalue weighted by molar-refractivity contribution is 5.77. The standard InChI is InChI=1S/C17H27N7O/c1-13-18-7-9-24(13)11-15-19-20-17(22(15)4)14-6-5-8-23(10-14)12-16(25)21(2)3/h7,9,14H,5-6,8,10-12H2,1-4H3. The Morgan fingerprint density at radius 3 is 2.84 bits per heavy atom. The molecule has 0 bridgehead atoms. The molecule has 0 aromatic carbocycles. The number of piperidine rings is 1. The lowest BCUT2D eigenvalue weighted by Crippen LogP contribution is -2.42. The molecule has 1 aliphatic rings. The topological polar surface area (TPSA) is 72.1 Å². The number of likely N-dealkylation sites (tertiary alicyclic amines) is 1. The van der Waals surface area contributed by atoms with E-state index in [0.29, 0.717) is 19.0 Å². The number of carbonyl (C=O) groups is 1. The maximum Gasteiger partial charge on any atom is 0.236 e. The molecule has 0 radical (unpaired) electrons. The molecule has 1 saturated heterocycles. The Labute approximate surface area is 148 Å². The Morgan fingerprint density at radius 1 is 1.36 bits per heavy atom. The lowest BCUT2D eigenvalue weighted by Gasteiger charge is -2.32. The maximum atomic E-state index is 12.0. The average Bonchev–Trinajstić information content (AvgIpc) is 3.15. The maximum absolute atomic E-state index is 12.0. The van der Waals surface area contributed by atoms with Gasteiger partial charge in [-0.05, 0) is 26.3 Å². The van der Waals surface area contributed by atoms with Crippen molar-refractivity contribution in [3.8, 4) is 0 Å². The van der Waals surface area contributed by atoms with Crippen LogP contribution in [0.2, 0.25) is 0 Å². The van der Waals surface area contributed by atoms with Crippen molar-refractivity contribution >= 4 is 5.91 Å². The summed E-state index contributed by atoms with van der Waals surface area (Å²) in [4.78, 5) is 20.1. The molecular weight excluding hydrogens is 318 g/mol. The number of aromatic nitrogens is 5. The quantitative estimate of drug-likeness (QED) is 0.795. The van der Waals surface area contributed by atoms with E-state index < -0.39 is 0 Å². The zero-order valence-electron chi connectivity index (χ0n) is 15.5. The number of carbonyl (C=O) groups excluding carboxylic acids is 1. The summed E-state index contributed by atoms with van der Waals surface area (Å²) in [6.45, 7) is 4.95. The minimum Gasteiger partial charge on any atom is -0.348 e. The summed E-state index contributed by atoms with van der Waals surface area (Å²) in [5.41, 5.74) is 0. The molecule has 2 aromatic rings. The van der Waals surface area contributed by atoms with Gasteiger partial charge in [0.25, 0.3) is 0 Å². The summed E-state index contributed by atoms with van der Waals surface area (Å²) in [6.07, 6.45) is 5.92. The molecule has 0 saturated carbocycles. The molecule has 8 heteroatoms. The first-order chi connectivity index (χ1) is 12.0. The predicted octanol–water partition coefficient (Wildman–Crippen LogP) is 0.636. The first-order valence-electron chi connectivity index (χ1n) is 8.74. The van der Waals surface area contributed by atoms with Crippen molar-refractivity contribution in [2.45, 2.75) is 32.2 Å². The van der Waals surface area contributed by atoms with Gasteiger partial charge in [-0.3, -0.25) is 9.69 Å². The molecule has 25 heavy (non-hydrogen) atoms. The highest BCUT2D eigenvalue weighted by atomic mass is 16.2. The monoisotopic (exact) mass is 345 g/mol. The van der Waals surface area contributed by atoms with Gasteiger partial charge in [-0.25, -0.2) is 4.98 Å². The van der Waals surface area contributed by atoms with Crippen molar-refractivity contribution in [3.63, 3.8) is 0 Å². The lowest BCUT2D eigenvalue weighted by atomic mass is 9.97. The van der Waals surface area contributed by atoms with Crippen molar-refractivity contribution in [2.75, 3.05) is 33.7 Å². The van der Waals surface area contributed by atoms with Crippen molar-refractivity contribution in [2.24, 2.45) is 7.05 Å². The Morgan fingerprint density at radius 2 is 2.16 bits per heavy atom. The van der Waals surface area contributed by atoms with Crippen LogP contribution in [0, 0.1) is 6.92 Å². The number of likely N-dealkylation sites (N-methyl/N-ethyl adjacent to an activating group) is 1. The van der Waals surface area contributed by atoms with E-state index in [9.17, 15) is 4.79 Å². The molecule has 136 valence electrons. The van der Waals surface area contributed by atoms with Gasteiger partial charge in [-0.15, -0.1) is 10.2 Å². The van der Waals surface area contributed by atoms with E-state index in [1.54, 1.807) is 25.2 Å². The minimum atomic E-state index is 0.148. The highest BCUT2D eigenvalue weighted by Gasteiger charge is 2.27. The van der Waals surface area contributed by atoms with Crippen LogP contribution < -0.4 is 0 Å². The fourth-order valence-corrected chi connectivity index (χ4v) is 3.33. The Bertz CT molecular complexity index is 733. The molecule has 3 rings (SSSR count). The van der Waals surface area contributed by atoms with Crippen LogP contribution in [0.25, 0.3) is 0 Å². The summed E-state index contributed by atoms with van der Waals surface area (Å²) < 4.78 is 4.16. The molecule has 0 N–H and O–H groups in total. The molecule has 1 aliphatic heterocycles. The predicted molar refractivity (Wildman–Crippen MR) is 94.2 cm³/mol. The smallest absolute Gasteiger partial charge is 0.236 e. The molecule has 1 amide bonds. The Balaban J connectivity index is 1.69. The highest BCUT2D eigenvalue weighted by Crippen LogP contribution is 2.25. The summed E-state index contributed by atoms with van der Waals surface area (Å²) in [5, 5.41) is 8.85. The zero-order valence-corrected chi connectivity index (χ0v) is 15.5. The van der Waals surface area contributed by atoms with E-state index in [4.69, 9.17) is 0 Å². The number of aryl methyl sites for hydroxylation is 1. The van der Waals surface area contributed by atoms with Gasteiger partial charge in [0.1, 0.15) is 11.6 Å². The lowest BCUT2D eigenvalue weighted by molar-refractivity contribution is -0.130. The average molecular weight is 345 g/mol. The van der Waals surface area contributed by atoms with E-state index in [0.717, 1.165) is 43.4 Å². The number of nitrogens with zero attached hydrogens (tertiary/aromatic N) is 7. The molecule has 2 aromatic heterocycles. The minimum absolute atomic E-state index is 0.148. The van der Waals surface area contributed by atoms with Gasteiger partial charge in [0.2, 0.25) is 5.91 Å². The molecule has 1 atom stereocenters. The van der Waals surface area contributed by atoms with Gasteiger partial charge in [0, 0.05) is 46.0 Å². The van der Waals surface area contributed by atoms with E-state index >= 15 is 0 Å². The third-order valence-electron chi connectivity index (χ3n) is 4.96. The van der Waals surface area contributed by atoms with Gasteiger partial charge in [0.05, 0.1) is 13.1 Å². The summed E-state index contributed by atoms with van der Waals surface area (Å²) in [5.74, 6) is 3.37. The SMILES string of the molecule is Cc1nccn1Cc1nnc(C2CCCN(CC(=O)N(C)C)C2)n1C. The van der Waals surface area contributed by atoms with Crippen LogP contribution in [0.1, 0.15) is 36.2 Å². The van der Waals surface area contributed by atoms with Crippen LogP contribution >= 0.6 is 0 Å². The largest absolute Gasteiger partial charge is 0.348 e. The van der Waals surface area contributed by atoms with E-state index in [1.165, 1.54) is 0 Å². The zero-order chi connectivity index (χ0) is 18.0. The third-order valence-corrected chi connectivity index (χ3v) is 4.96. The van der Waals surface area contributed by atoms with Crippen molar-refractivity contribution in [1.82, 2.24) is 34.1 Å². The van der Waals surface area contributed by atoms with Gasteiger partial charge >= 0.3 is 0 Å². The summed E-state index contributed by atoms with van der Waals surface area (Å²) in [6, 6.07) is 0. The Kier molecular flexibility index (Phi) is 5.17. The van der Waals surface area contributed by atoms with Gasteiger partial charge in [0.15, 0.2) is 5.82 Å². The fraction of sp³-hybridized carbons (Fsp3) is 0.647. The Hall–Kier alpha value is -2.22. The molecule has 3 heterocycles. The number of hydrogen-bond acceptors (Lipinski definition) is 5. The second-order valence-corrected chi connectivity index (χ2v) is 7.00. The summed E-state index contributed by atoms with van der Waals surface area (Å²) in [7, 11) is 5.63. The number of amides is 1. The second kappa shape index (κ2) is 7.35. The van der Waals surface area contributed by atoms with Crippen molar-refractivity contribution in [1.29, 1.82) is 0 Å². The molecular formula is C17H27N7O. The van der Waals surface area contributed by atoms with E-state index in [1.807, 2.05) is 20.2 Å². The van der Waals surface area contributed by atoms with E-state index in [-0.39, 0.29) is 5.91 Å². The molecule has 8 nitrogen and oxygen atoms in total. The molecule has 1 unspecified atom stereocenters. The van der Waals surface area contributed by atoms with Gasteiger partial charge in [-0.2, -0.15) is 0 Å². The molecule has 0 spiro atoms. The first-order valence-corrected chi connectivity index (χ1v) is 8.74. The third kappa shape index (κ3) is 3.89. The van der Waals surface area contributed by atoms with Crippen LogP contribution in [0.5, 0.6) is 0 Å². The number of imidazole rings is 1. The van der Waals surface area contributed by atoms with Gasteiger partial charge in [-0.1, -0.05) is 0 Å². The normalized spacial score (nSPS) is 18.5. The van der Waals surface area contributed by atoms with Crippen LogP contribution in [0.15, 0.2) is 12.4 Å². The van der Waals surface area contributed by atoms with Crippen molar-refractivity contribution < 1.29 is 4.79 Å². The second-order valence-electron chi connectivity index (χ2n) is 7.00. The van der Waals surface area contributed by atoms with Crippen molar-refractivity contribution in [3.05, 3.63) is 29.9 Å². The fourth-order valence-electron chi connectivity index (χ4n) is 3.33. The van der Waals surface area contributed by atoms with Crippen LogP contribution in [-0.4, -0.2) is 73.8 Å². The van der Waals surface area contributed by atoms with Crippen LogP contribution in [-0.2, 0) is 18.4 Å².